The van der Waals surface area contributed by atoms with Crippen LogP contribution in [0.2, 0.25) is 0 Å². The van der Waals surface area contributed by atoms with Crippen LogP contribution in [0, 0.1) is 0 Å². The molecule has 2 N–H and O–H groups in total. The number of sulfone groups is 1. The number of aliphatic carboxylic acids is 1. The van der Waals surface area contributed by atoms with E-state index in [-0.39, 0.29) is 12.2 Å². The number of carbonyl (C=O) groups is 2. The Morgan fingerprint density at radius 3 is 2.26 bits per heavy atom. The maximum absolute atomic E-state index is 11.8. The molecule has 1 atom stereocenters. The number of carboxylic acid groups (broad SMARTS) is 1. The molecule has 1 amide bonds. The summed E-state index contributed by atoms with van der Waals surface area (Å²) in [6, 6.07) is -1.42. The van der Waals surface area contributed by atoms with Crippen molar-refractivity contribution in [2.45, 2.75) is 38.8 Å². The molecule has 0 heterocycles. The van der Waals surface area contributed by atoms with E-state index in [0.717, 1.165) is 6.92 Å². The number of hydrogen-bond acceptors (Lipinski definition) is 5. The number of ether oxygens (including phenoxy) is 1. The summed E-state index contributed by atoms with van der Waals surface area (Å²) >= 11 is 0. The fraction of sp³-hybridized carbons (Fsp3) is 0.818. The maximum atomic E-state index is 11.8. The number of amides is 1. The molecule has 1 unspecified atom stereocenters. The molecule has 0 aromatic heterocycles. The summed E-state index contributed by atoms with van der Waals surface area (Å²) in [6.07, 6.45) is 0.248. The van der Waals surface area contributed by atoms with Crippen LogP contribution < -0.4 is 5.32 Å². The van der Waals surface area contributed by atoms with Gasteiger partial charge in [-0.15, -0.1) is 0 Å². The molecule has 0 aliphatic heterocycles. The molecule has 0 aliphatic rings. The average Bonchev–Trinajstić information content (AvgIpc) is 2.25. The van der Waals surface area contributed by atoms with Crippen molar-refractivity contribution in [1.29, 1.82) is 0 Å². The van der Waals surface area contributed by atoms with Crippen LogP contribution in [0.15, 0.2) is 0 Å². The monoisotopic (exact) mass is 295 g/mol. The van der Waals surface area contributed by atoms with Gasteiger partial charge in [0.25, 0.3) is 0 Å². The first-order valence-corrected chi connectivity index (χ1v) is 7.57. The molecule has 0 bridgehead atoms. The zero-order valence-corrected chi connectivity index (χ0v) is 12.4. The third-order valence-electron chi connectivity index (χ3n) is 2.66. The predicted molar refractivity (Wildman–Crippen MR) is 69.6 cm³/mol. The normalized spacial score (nSPS) is 13.9. The van der Waals surface area contributed by atoms with Crippen LogP contribution in [-0.2, 0) is 24.2 Å². The van der Waals surface area contributed by atoms with Gasteiger partial charge in [0.2, 0.25) is 5.91 Å². The van der Waals surface area contributed by atoms with Crippen LogP contribution in [-0.4, -0.2) is 55.7 Å². The molecule has 0 spiro atoms. The van der Waals surface area contributed by atoms with Crippen molar-refractivity contribution in [3.05, 3.63) is 0 Å². The Hall–Kier alpha value is -1.15. The Morgan fingerprint density at radius 2 is 1.89 bits per heavy atom. The van der Waals surface area contributed by atoms with Gasteiger partial charge in [-0.05, 0) is 20.3 Å². The van der Waals surface area contributed by atoms with E-state index in [1.807, 2.05) is 0 Å². The van der Waals surface area contributed by atoms with Gasteiger partial charge in [0, 0.05) is 14.0 Å². The number of methoxy groups -OCH3 is 1. The van der Waals surface area contributed by atoms with Crippen LogP contribution in [0.1, 0.15) is 27.2 Å². The van der Waals surface area contributed by atoms with Crippen LogP contribution in [0.25, 0.3) is 0 Å². The minimum absolute atomic E-state index is 0.197. The van der Waals surface area contributed by atoms with E-state index in [9.17, 15) is 18.0 Å². The zero-order chi connectivity index (χ0) is 15.3. The van der Waals surface area contributed by atoms with Gasteiger partial charge >= 0.3 is 5.97 Å². The Labute approximate surface area is 113 Å². The molecular formula is C11H21NO6S. The summed E-state index contributed by atoms with van der Waals surface area (Å²) in [5.74, 6) is -2.77. The van der Waals surface area contributed by atoms with Crippen molar-refractivity contribution in [1.82, 2.24) is 5.32 Å². The predicted octanol–water partition coefficient (Wildman–Crippen LogP) is -0.194. The van der Waals surface area contributed by atoms with Gasteiger partial charge in [-0.1, -0.05) is 0 Å². The highest BCUT2D eigenvalue weighted by Crippen LogP contribution is 2.14. The molecular weight excluding hydrogens is 274 g/mol. The summed E-state index contributed by atoms with van der Waals surface area (Å²) in [5.41, 5.74) is -0.597. The minimum Gasteiger partial charge on any atom is -0.480 e. The molecule has 0 aliphatic carbocycles. The van der Waals surface area contributed by atoms with Crippen LogP contribution >= 0.6 is 0 Å². The smallest absolute Gasteiger partial charge is 0.327 e. The molecule has 0 saturated carbocycles. The SMILES string of the molecule is COC(C)(C)CCS(=O)(=O)CC(NC(C)=O)C(=O)O. The van der Waals surface area contributed by atoms with Gasteiger partial charge in [0.15, 0.2) is 9.84 Å². The van der Waals surface area contributed by atoms with Gasteiger partial charge in [0.05, 0.1) is 17.1 Å². The fourth-order valence-electron chi connectivity index (χ4n) is 1.26. The zero-order valence-electron chi connectivity index (χ0n) is 11.6. The van der Waals surface area contributed by atoms with E-state index in [4.69, 9.17) is 9.84 Å². The van der Waals surface area contributed by atoms with Crippen molar-refractivity contribution in [2.75, 3.05) is 18.6 Å². The third-order valence-corrected chi connectivity index (χ3v) is 4.33. The van der Waals surface area contributed by atoms with Crippen molar-refractivity contribution in [3.8, 4) is 0 Å². The number of carbonyl (C=O) groups excluding carboxylic acids is 1. The first-order chi connectivity index (χ1) is 8.49. The molecule has 7 nitrogen and oxygen atoms in total. The van der Waals surface area contributed by atoms with Crippen molar-refractivity contribution >= 4 is 21.7 Å². The highest BCUT2D eigenvalue weighted by atomic mass is 32.2. The quantitative estimate of drug-likeness (QED) is 0.642. The highest BCUT2D eigenvalue weighted by molar-refractivity contribution is 7.91. The number of nitrogens with one attached hydrogen (secondary N) is 1. The van der Waals surface area contributed by atoms with Gasteiger partial charge < -0.3 is 15.2 Å². The standard InChI is InChI=1S/C11H21NO6S/c1-8(13)12-9(10(14)15)7-19(16,17)6-5-11(2,3)18-4/h9H,5-7H2,1-4H3,(H,12,13)(H,14,15). The van der Waals surface area contributed by atoms with E-state index < -0.39 is 39.1 Å². The number of rotatable bonds is 8. The fourth-order valence-corrected chi connectivity index (χ4v) is 2.96. The summed E-state index contributed by atoms with van der Waals surface area (Å²) in [7, 11) is -2.11. The molecule has 0 aromatic rings. The minimum atomic E-state index is -3.59. The molecule has 0 rings (SSSR count). The first-order valence-electron chi connectivity index (χ1n) is 5.74. The lowest BCUT2D eigenvalue weighted by Crippen LogP contribution is -2.45. The average molecular weight is 295 g/mol. The molecule has 0 radical (unpaired) electrons. The van der Waals surface area contributed by atoms with Crippen LogP contribution in [0.4, 0.5) is 0 Å². The van der Waals surface area contributed by atoms with E-state index in [1.54, 1.807) is 13.8 Å². The van der Waals surface area contributed by atoms with E-state index in [2.05, 4.69) is 5.32 Å². The Bertz CT molecular complexity index is 428. The molecule has 0 saturated heterocycles. The van der Waals surface area contributed by atoms with E-state index >= 15 is 0 Å². The third kappa shape index (κ3) is 7.78. The summed E-state index contributed by atoms with van der Waals surface area (Å²) < 4.78 is 28.7. The van der Waals surface area contributed by atoms with Crippen molar-refractivity contribution < 1.29 is 27.9 Å². The van der Waals surface area contributed by atoms with E-state index in [0.29, 0.717) is 0 Å². The van der Waals surface area contributed by atoms with Gasteiger partial charge in [0.1, 0.15) is 6.04 Å². The number of hydrogen-bond donors (Lipinski definition) is 2. The second kappa shape index (κ2) is 6.85. The lowest BCUT2D eigenvalue weighted by atomic mass is 10.1. The van der Waals surface area contributed by atoms with Gasteiger partial charge in [-0.3, -0.25) is 4.79 Å². The summed E-state index contributed by atoms with van der Waals surface area (Å²) in [4.78, 5) is 21.7. The molecule has 19 heavy (non-hydrogen) atoms. The van der Waals surface area contributed by atoms with Crippen molar-refractivity contribution in [2.24, 2.45) is 0 Å². The maximum Gasteiger partial charge on any atom is 0.327 e. The lowest BCUT2D eigenvalue weighted by molar-refractivity contribution is -0.140. The molecule has 8 heteroatoms. The number of carboxylic acids is 1. The van der Waals surface area contributed by atoms with Gasteiger partial charge in [-0.2, -0.15) is 0 Å². The Kier molecular flexibility index (Phi) is 6.44. The van der Waals surface area contributed by atoms with Gasteiger partial charge in [-0.25, -0.2) is 13.2 Å². The second-order valence-corrected chi connectivity index (χ2v) is 7.15. The van der Waals surface area contributed by atoms with Crippen LogP contribution in [0.5, 0.6) is 0 Å². The summed E-state index contributed by atoms with van der Waals surface area (Å²) in [5, 5.41) is 11.0. The first kappa shape index (κ1) is 17.8. The van der Waals surface area contributed by atoms with E-state index in [1.165, 1.54) is 7.11 Å². The lowest BCUT2D eigenvalue weighted by Gasteiger charge is -2.23. The largest absolute Gasteiger partial charge is 0.480 e. The molecule has 112 valence electrons. The highest BCUT2D eigenvalue weighted by Gasteiger charge is 2.28. The Balaban J connectivity index is 4.65. The van der Waals surface area contributed by atoms with Crippen molar-refractivity contribution in [3.63, 3.8) is 0 Å². The Morgan fingerprint density at radius 1 is 1.37 bits per heavy atom. The second-order valence-electron chi connectivity index (χ2n) is 4.92. The topological polar surface area (TPSA) is 110 Å². The summed E-state index contributed by atoms with van der Waals surface area (Å²) in [6.45, 7) is 4.62. The van der Waals surface area contributed by atoms with Crippen LogP contribution in [0.3, 0.4) is 0 Å². The molecule has 0 aromatic carbocycles. The molecule has 0 fully saturated rings.